The molecule has 0 aliphatic rings. The van der Waals surface area contributed by atoms with Crippen LogP contribution in [0.15, 0.2) is 16.2 Å². The lowest BCUT2D eigenvalue weighted by molar-refractivity contribution is 0.909. The molecule has 0 unspecified atom stereocenters. The average molecular weight is 163 g/mol. The van der Waals surface area contributed by atoms with Gasteiger partial charge in [-0.3, -0.25) is 0 Å². The van der Waals surface area contributed by atoms with Gasteiger partial charge in [0.15, 0.2) is 0 Å². The highest BCUT2D eigenvalue weighted by molar-refractivity contribution is 9.12. The summed E-state index contributed by atoms with van der Waals surface area (Å²) < 4.78 is 0.766. The van der Waals surface area contributed by atoms with Gasteiger partial charge in [-0.15, -0.1) is 0 Å². The van der Waals surface area contributed by atoms with Crippen LogP contribution in [0, 0.1) is 0 Å². The summed E-state index contributed by atoms with van der Waals surface area (Å²) >= 11 is 3.09. The molecule has 0 saturated carbocycles. The minimum atomic E-state index is 0.766. The summed E-state index contributed by atoms with van der Waals surface area (Å²) in [5.74, 6) is 0. The Morgan fingerprint density at radius 1 is 2.00 bits per heavy atom. The van der Waals surface area contributed by atoms with Crippen LogP contribution in [0.3, 0.4) is 0 Å². The number of hydrazone groups is 1. The molecule has 0 atom stereocenters. The van der Waals surface area contributed by atoms with Gasteiger partial charge in [-0.25, -0.2) is 0 Å². The van der Waals surface area contributed by atoms with Crippen molar-refractivity contribution in [1.82, 2.24) is 5.43 Å². The number of allylic oxidation sites excluding steroid dienone is 1. The zero-order valence-corrected chi connectivity index (χ0v) is 5.70. The molecule has 0 radical (unpaired) electrons. The lowest BCUT2D eigenvalue weighted by Gasteiger charge is -1.81. The predicted molar refractivity (Wildman–Crippen MR) is 35.6 cm³/mol. The van der Waals surface area contributed by atoms with Crippen molar-refractivity contribution in [3.05, 3.63) is 11.1 Å². The molecule has 0 aliphatic heterocycles. The highest BCUT2D eigenvalue weighted by Gasteiger charge is 1.70. The lowest BCUT2D eigenvalue weighted by atomic mass is 10.7. The van der Waals surface area contributed by atoms with Crippen molar-refractivity contribution in [3.63, 3.8) is 0 Å². The first-order valence-electron chi connectivity index (χ1n) is 1.81. The molecule has 0 amide bonds. The van der Waals surface area contributed by atoms with Gasteiger partial charge in [0.2, 0.25) is 0 Å². The highest BCUT2D eigenvalue weighted by atomic mass is 79.9. The molecular weight excluding hydrogens is 156 g/mol. The van der Waals surface area contributed by atoms with E-state index in [4.69, 9.17) is 0 Å². The van der Waals surface area contributed by atoms with Crippen LogP contribution >= 0.6 is 15.9 Å². The maximum absolute atomic E-state index is 3.65. The third kappa shape index (κ3) is 5.69. The Morgan fingerprint density at radius 3 is 2.71 bits per heavy atom. The van der Waals surface area contributed by atoms with E-state index >= 15 is 0 Å². The van der Waals surface area contributed by atoms with Gasteiger partial charge in [0.25, 0.3) is 0 Å². The Bertz CT molecular complexity index is 87.7. The van der Waals surface area contributed by atoms with E-state index in [1.807, 2.05) is 0 Å². The summed E-state index contributed by atoms with van der Waals surface area (Å²) in [5, 5.41) is 3.65. The Hall–Kier alpha value is -0.310. The third-order valence-corrected chi connectivity index (χ3v) is 0.538. The summed E-state index contributed by atoms with van der Waals surface area (Å²) in [6.45, 7) is 3.52. The number of hydrogen-bond acceptors (Lipinski definition) is 2. The molecule has 7 heavy (non-hydrogen) atoms. The van der Waals surface area contributed by atoms with Gasteiger partial charge in [0.1, 0.15) is 0 Å². The zero-order chi connectivity index (χ0) is 5.70. The molecule has 0 aromatic carbocycles. The topological polar surface area (TPSA) is 24.4 Å². The molecule has 0 rings (SSSR count). The minimum absolute atomic E-state index is 0.766. The van der Waals surface area contributed by atoms with Gasteiger partial charge in [-0.1, -0.05) is 6.58 Å². The van der Waals surface area contributed by atoms with Crippen molar-refractivity contribution in [2.45, 2.75) is 0 Å². The number of rotatable bonds is 2. The second-order valence-electron chi connectivity index (χ2n) is 0.929. The van der Waals surface area contributed by atoms with E-state index in [1.54, 1.807) is 13.3 Å². The maximum atomic E-state index is 3.65. The molecule has 0 aromatic heterocycles. The summed E-state index contributed by atoms with van der Waals surface area (Å²) in [5.41, 5.74) is 2.58. The maximum Gasteiger partial charge on any atom is 0.0604 e. The van der Waals surface area contributed by atoms with E-state index in [1.165, 1.54) is 0 Å². The van der Waals surface area contributed by atoms with Gasteiger partial charge >= 0.3 is 0 Å². The van der Waals surface area contributed by atoms with E-state index in [0.29, 0.717) is 0 Å². The van der Waals surface area contributed by atoms with Crippen molar-refractivity contribution < 1.29 is 0 Å². The van der Waals surface area contributed by atoms with Gasteiger partial charge in [0.05, 0.1) is 6.21 Å². The second kappa shape index (κ2) is 3.87. The fourth-order valence-electron chi connectivity index (χ4n) is 0.135. The number of nitrogens with one attached hydrogen (secondary N) is 1. The summed E-state index contributed by atoms with van der Waals surface area (Å²) in [6, 6.07) is 0. The molecule has 0 bridgehead atoms. The smallest absolute Gasteiger partial charge is 0.0604 e. The van der Waals surface area contributed by atoms with Crippen LogP contribution in [0.25, 0.3) is 0 Å². The van der Waals surface area contributed by atoms with Crippen LogP contribution < -0.4 is 5.43 Å². The Morgan fingerprint density at radius 2 is 2.57 bits per heavy atom. The fraction of sp³-hybridized carbons (Fsp3) is 0.250. The predicted octanol–water partition coefficient (Wildman–Crippen LogP) is 1.10. The molecule has 0 aromatic rings. The van der Waals surface area contributed by atoms with Crippen molar-refractivity contribution in [2.24, 2.45) is 5.10 Å². The summed E-state index contributed by atoms with van der Waals surface area (Å²) in [7, 11) is 1.73. The Labute approximate surface area is 51.4 Å². The molecule has 0 fully saturated rings. The second-order valence-corrected chi connectivity index (χ2v) is 1.95. The highest BCUT2D eigenvalue weighted by Crippen LogP contribution is 1.92. The molecule has 3 heteroatoms. The first-order chi connectivity index (χ1) is 3.27. The van der Waals surface area contributed by atoms with Crippen LogP contribution in [0.1, 0.15) is 0 Å². The molecule has 0 aliphatic carbocycles. The van der Waals surface area contributed by atoms with Crippen LogP contribution in [0.5, 0.6) is 0 Å². The standard InChI is InChI=1S/C4H7BrN2/c1-4(5)3-7-6-2/h3,6H,1H2,2H3/b7-3-. The molecule has 1 N–H and O–H groups in total. The Kier molecular flexibility index (Phi) is 3.69. The third-order valence-electron chi connectivity index (χ3n) is 0.334. The minimum Gasteiger partial charge on any atom is -0.313 e. The first-order valence-corrected chi connectivity index (χ1v) is 2.61. The molecule has 0 heterocycles. The number of halogens is 1. The largest absolute Gasteiger partial charge is 0.313 e. The normalized spacial score (nSPS) is 9.43. The quantitative estimate of drug-likeness (QED) is 0.478. The van der Waals surface area contributed by atoms with Crippen LogP contribution in [-0.2, 0) is 0 Å². The lowest BCUT2D eigenvalue weighted by Crippen LogP contribution is -1.92. The summed E-state index contributed by atoms with van der Waals surface area (Å²) in [6.07, 6.45) is 1.58. The molecule has 0 saturated heterocycles. The van der Waals surface area contributed by atoms with Crippen molar-refractivity contribution >= 4 is 22.1 Å². The van der Waals surface area contributed by atoms with Crippen molar-refractivity contribution in [2.75, 3.05) is 7.05 Å². The zero-order valence-electron chi connectivity index (χ0n) is 4.11. The number of hydrogen-bond donors (Lipinski definition) is 1. The monoisotopic (exact) mass is 162 g/mol. The molecule has 0 spiro atoms. The van der Waals surface area contributed by atoms with Gasteiger partial charge in [-0.05, 0) is 15.9 Å². The van der Waals surface area contributed by atoms with Gasteiger partial charge in [-0.2, -0.15) is 5.10 Å². The molecular formula is C4H7BrN2. The van der Waals surface area contributed by atoms with E-state index in [9.17, 15) is 0 Å². The SMILES string of the molecule is C=C(Br)/C=N\NC. The fourth-order valence-corrected chi connectivity index (χ4v) is 0.237. The average Bonchev–Trinajstić information content (AvgIpc) is 1.61. The first kappa shape index (κ1) is 6.69. The van der Waals surface area contributed by atoms with Gasteiger partial charge < -0.3 is 5.43 Å². The molecule has 2 nitrogen and oxygen atoms in total. The van der Waals surface area contributed by atoms with Gasteiger partial charge in [0, 0.05) is 11.5 Å². The van der Waals surface area contributed by atoms with E-state index in [0.717, 1.165) is 4.48 Å². The molecule has 40 valence electrons. The van der Waals surface area contributed by atoms with Crippen molar-refractivity contribution in [1.29, 1.82) is 0 Å². The van der Waals surface area contributed by atoms with Crippen LogP contribution in [-0.4, -0.2) is 13.3 Å². The number of nitrogens with zero attached hydrogens (tertiary/aromatic N) is 1. The van der Waals surface area contributed by atoms with E-state index < -0.39 is 0 Å². The Balaban J connectivity index is 3.26. The van der Waals surface area contributed by atoms with Crippen molar-refractivity contribution in [3.8, 4) is 0 Å². The summed E-state index contributed by atoms with van der Waals surface area (Å²) in [4.78, 5) is 0. The van der Waals surface area contributed by atoms with E-state index in [-0.39, 0.29) is 0 Å². The van der Waals surface area contributed by atoms with Crippen LogP contribution in [0.2, 0.25) is 0 Å². The van der Waals surface area contributed by atoms with E-state index in [2.05, 4.69) is 33.0 Å². The van der Waals surface area contributed by atoms with Crippen LogP contribution in [0.4, 0.5) is 0 Å².